The Kier molecular flexibility index (Phi) is 7.65. The quantitative estimate of drug-likeness (QED) is 0.407. The van der Waals surface area contributed by atoms with Crippen LogP contribution in [0, 0.1) is 0 Å². The summed E-state index contributed by atoms with van der Waals surface area (Å²) in [4.78, 5) is 25.5. The Morgan fingerprint density at radius 1 is 0.909 bits per heavy atom. The maximum absolute atomic E-state index is 12.8. The number of amides is 2. The van der Waals surface area contributed by atoms with Gasteiger partial charge in [-0.2, -0.15) is 13.2 Å². The van der Waals surface area contributed by atoms with E-state index in [1.54, 1.807) is 62.6 Å². The van der Waals surface area contributed by atoms with E-state index in [1.165, 1.54) is 23.9 Å². The van der Waals surface area contributed by atoms with Crippen LogP contribution in [0.5, 0.6) is 5.75 Å². The molecule has 2 N–H and O–H groups in total. The molecular weight excluding hydrogens is 453 g/mol. The number of ether oxygens (including phenoxy) is 1. The lowest BCUT2D eigenvalue weighted by Gasteiger charge is -2.14. The predicted molar refractivity (Wildman–Crippen MR) is 123 cm³/mol. The van der Waals surface area contributed by atoms with Crippen LogP contribution in [0.2, 0.25) is 0 Å². The molecule has 0 heterocycles. The third kappa shape index (κ3) is 6.76. The molecule has 3 rings (SSSR count). The molecule has 0 saturated carbocycles. The second-order valence-corrected chi connectivity index (χ2v) is 8.45. The third-order valence-corrected chi connectivity index (χ3v) is 5.72. The molecule has 0 aliphatic heterocycles. The van der Waals surface area contributed by atoms with Crippen molar-refractivity contribution in [2.75, 3.05) is 17.7 Å². The van der Waals surface area contributed by atoms with E-state index in [0.717, 1.165) is 17.0 Å². The van der Waals surface area contributed by atoms with Crippen LogP contribution >= 0.6 is 11.8 Å². The highest BCUT2D eigenvalue weighted by atomic mass is 32.2. The van der Waals surface area contributed by atoms with Crippen molar-refractivity contribution in [3.05, 3.63) is 83.9 Å². The summed E-state index contributed by atoms with van der Waals surface area (Å²) in [5.41, 5.74) is 0.321. The van der Waals surface area contributed by atoms with E-state index in [2.05, 4.69) is 10.6 Å². The minimum atomic E-state index is -4.48. The van der Waals surface area contributed by atoms with Crippen LogP contribution in [0.1, 0.15) is 22.8 Å². The average molecular weight is 475 g/mol. The zero-order valence-corrected chi connectivity index (χ0v) is 18.6. The molecule has 0 aliphatic rings. The van der Waals surface area contributed by atoms with Crippen LogP contribution < -0.4 is 15.4 Å². The number of hydrogen-bond donors (Lipinski definition) is 2. The van der Waals surface area contributed by atoms with Crippen LogP contribution in [0.4, 0.5) is 24.5 Å². The number of alkyl halides is 3. The maximum Gasteiger partial charge on any atom is 0.416 e. The lowest BCUT2D eigenvalue weighted by molar-refractivity contribution is -0.137. The predicted octanol–water partition coefficient (Wildman–Crippen LogP) is 6.09. The first-order chi connectivity index (χ1) is 15.7. The summed E-state index contributed by atoms with van der Waals surface area (Å²) in [5.74, 6) is -0.0396. The van der Waals surface area contributed by atoms with Crippen LogP contribution in [0.25, 0.3) is 0 Å². The van der Waals surface area contributed by atoms with Crippen LogP contribution in [0.15, 0.2) is 77.7 Å². The van der Waals surface area contributed by atoms with E-state index in [-0.39, 0.29) is 11.6 Å². The van der Waals surface area contributed by atoms with Gasteiger partial charge in [-0.25, -0.2) is 0 Å². The van der Waals surface area contributed by atoms with Gasteiger partial charge < -0.3 is 15.4 Å². The van der Waals surface area contributed by atoms with Gasteiger partial charge in [-0.1, -0.05) is 6.07 Å². The third-order valence-electron chi connectivity index (χ3n) is 4.60. The maximum atomic E-state index is 12.8. The van der Waals surface area contributed by atoms with E-state index in [1.807, 2.05) is 0 Å². The fraction of sp³-hybridized carbons (Fsp3) is 0.167. The summed E-state index contributed by atoms with van der Waals surface area (Å²) in [6.45, 7) is 1.66. The van der Waals surface area contributed by atoms with Crippen molar-refractivity contribution in [1.82, 2.24) is 0 Å². The molecular formula is C24H21F3N2O3S. The highest BCUT2D eigenvalue weighted by Gasteiger charge is 2.30. The van der Waals surface area contributed by atoms with Crippen molar-refractivity contribution < 1.29 is 27.5 Å². The number of rotatable bonds is 7. The fourth-order valence-corrected chi connectivity index (χ4v) is 3.70. The van der Waals surface area contributed by atoms with Crippen molar-refractivity contribution in [3.8, 4) is 5.75 Å². The van der Waals surface area contributed by atoms with Crippen molar-refractivity contribution in [1.29, 1.82) is 0 Å². The molecule has 0 bridgehead atoms. The molecule has 5 nitrogen and oxygen atoms in total. The molecule has 0 aliphatic carbocycles. The summed E-state index contributed by atoms with van der Waals surface area (Å²) in [6.07, 6.45) is -4.48. The topological polar surface area (TPSA) is 67.4 Å². The molecule has 1 atom stereocenters. The van der Waals surface area contributed by atoms with Gasteiger partial charge >= 0.3 is 6.18 Å². The van der Waals surface area contributed by atoms with E-state index in [4.69, 9.17) is 4.74 Å². The molecule has 172 valence electrons. The average Bonchev–Trinajstić information content (AvgIpc) is 2.80. The fourth-order valence-electron chi connectivity index (χ4n) is 2.84. The lowest BCUT2D eigenvalue weighted by atomic mass is 10.2. The van der Waals surface area contributed by atoms with Crippen molar-refractivity contribution in [2.45, 2.75) is 23.2 Å². The van der Waals surface area contributed by atoms with Gasteiger partial charge in [-0.15, -0.1) is 11.8 Å². The van der Waals surface area contributed by atoms with E-state index in [0.29, 0.717) is 17.0 Å². The summed E-state index contributed by atoms with van der Waals surface area (Å²) >= 11 is 1.25. The monoisotopic (exact) mass is 474 g/mol. The molecule has 0 aromatic heterocycles. The largest absolute Gasteiger partial charge is 0.497 e. The normalized spacial score (nSPS) is 12.0. The molecule has 0 spiro atoms. The highest BCUT2D eigenvalue weighted by Crippen LogP contribution is 2.31. The van der Waals surface area contributed by atoms with Crippen molar-refractivity contribution in [3.63, 3.8) is 0 Å². The minimum absolute atomic E-state index is 0.0823. The standard InChI is InChI=1S/C24H21F3N2O3S/c1-15(22(30)29-19-5-3-4-17(14-19)24(25,26)27)33-21-12-8-18(9-13-21)28-23(31)16-6-10-20(32-2)11-7-16/h3-15H,1-2H3,(H,28,31)(H,29,30). The first-order valence-electron chi connectivity index (χ1n) is 9.86. The summed E-state index contributed by atoms with van der Waals surface area (Å²) in [5, 5.41) is 4.75. The van der Waals surface area contributed by atoms with Gasteiger partial charge in [0.15, 0.2) is 0 Å². The van der Waals surface area contributed by atoms with E-state index in [9.17, 15) is 22.8 Å². The van der Waals surface area contributed by atoms with Crippen LogP contribution in [-0.4, -0.2) is 24.2 Å². The van der Waals surface area contributed by atoms with Crippen molar-refractivity contribution in [2.24, 2.45) is 0 Å². The van der Waals surface area contributed by atoms with Crippen molar-refractivity contribution >= 4 is 35.0 Å². The lowest BCUT2D eigenvalue weighted by Crippen LogP contribution is -2.22. The molecule has 1 unspecified atom stereocenters. The number of halogens is 3. The number of thioether (sulfide) groups is 1. The molecule has 3 aromatic rings. The Morgan fingerprint density at radius 2 is 1.58 bits per heavy atom. The number of methoxy groups -OCH3 is 1. The highest BCUT2D eigenvalue weighted by molar-refractivity contribution is 8.00. The van der Waals surface area contributed by atoms with Crippen LogP contribution in [-0.2, 0) is 11.0 Å². The van der Waals surface area contributed by atoms with Gasteiger partial charge in [0.2, 0.25) is 5.91 Å². The Balaban J connectivity index is 1.56. The molecule has 2 amide bonds. The first kappa shape index (κ1) is 24.2. The summed E-state index contributed by atoms with van der Waals surface area (Å²) in [6, 6.07) is 18.1. The van der Waals surface area contributed by atoms with Gasteiger partial charge in [0.1, 0.15) is 5.75 Å². The zero-order valence-electron chi connectivity index (χ0n) is 17.8. The molecule has 0 fully saturated rings. The Hall–Kier alpha value is -3.46. The molecule has 0 saturated heterocycles. The molecule has 3 aromatic carbocycles. The van der Waals surface area contributed by atoms with Gasteiger partial charge in [0.05, 0.1) is 17.9 Å². The number of benzene rings is 3. The number of nitrogens with one attached hydrogen (secondary N) is 2. The summed E-state index contributed by atoms with van der Waals surface area (Å²) in [7, 11) is 1.55. The Bertz CT molecular complexity index is 1120. The Labute approximate surface area is 193 Å². The smallest absolute Gasteiger partial charge is 0.416 e. The summed E-state index contributed by atoms with van der Waals surface area (Å²) < 4.78 is 43.6. The number of hydrogen-bond acceptors (Lipinski definition) is 4. The van der Waals surface area contributed by atoms with Gasteiger partial charge in [-0.05, 0) is 73.7 Å². The zero-order chi connectivity index (χ0) is 24.0. The van der Waals surface area contributed by atoms with E-state index < -0.39 is 22.9 Å². The first-order valence-corrected chi connectivity index (χ1v) is 10.7. The van der Waals surface area contributed by atoms with Gasteiger partial charge in [0, 0.05) is 21.8 Å². The number of carbonyl (C=O) groups excluding carboxylic acids is 2. The van der Waals surface area contributed by atoms with Crippen LogP contribution in [0.3, 0.4) is 0 Å². The van der Waals surface area contributed by atoms with Gasteiger partial charge in [-0.3, -0.25) is 9.59 Å². The SMILES string of the molecule is COc1ccc(C(=O)Nc2ccc(SC(C)C(=O)Nc3cccc(C(F)(F)F)c3)cc2)cc1. The molecule has 33 heavy (non-hydrogen) atoms. The number of carbonyl (C=O) groups is 2. The number of anilines is 2. The molecule has 9 heteroatoms. The minimum Gasteiger partial charge on any atom is -0.497 e. The van der Waals surface area contributed by atoms with Gasteiger partial charge in [0.25, 0.3) is 5.91 Å². The second-order valence-electron chi connectivity index (χ2n) is 7.03. The molecule has 0 radical (unpaired) electrons. The Morgan fingerprint density at radius 3 is 2.18 bits per heavy atom. The van der Waals surface area contributed by atoms with E-state index >= 15 is 0 Å². The second kappa shape index (κ2) is 10.4.